The van der Waals surface area contributed by atoms with E-state index in [2.05, 4.69) is 11.3 Å². The lowest BCUT2D eigenvalue weighted by Gasteiger charge is -2.45. The summed E-state index contributed by atoms with van der Waals surface area (Å²) in [4.78, 5) is 11.3. The topological polar surface area (TPSA) is 46.5 Å². The van der Waals surface area contributed by atoms with Crippen molar-refractivity contribution in [1.29, 1.82) is 0 Å². The standard InChI is InChI=1S/C21H16F24O3/c1-7(2)9(47)48-8(6-46)4-3-5-11(24,25)13(28,29)15(32,33)17(36,37)19(40,41)21(44,45)20(42,43)18(38,39)16(34,35)14(30,31)12(26,27)10(22)23/h8,10,46H,1,3-6H2,2H3. The summed E-state index contributed by atoms with van der Waals surface area (Å²) in [6, 6.07) is 0. The molecule has 0 aromatic heterocycles. The fraction of sp³-hybridized carbons (Fsp3) is 0.857. The van der Waals surface area contributed by atoms with Gasteiger partial charge in [-0.3, -0.25) is 0 Å². The zero-order valence-corrected chi connectivity index (χ0v) is 22.5. The Bertz CT molecular complexity index is 1160. The Morgan fingerprint density at radius 3 is 1.15 bits per heavy atom. The van der Waals surface area contributed by atoms with Crippen molar-refractivity contribution in [2.45, 2.75) is 104 Å². The fourth-order valence-electron chi connectivity index (χ4n) is 3.10. The predicted octanol–water partition coefficient (Wildman–Crippen LogP) is 8.89. The number of aliphatic hydroxyl groups excluding tert-OH is 1. The molecule has 27 heteroatoms. The van der Waals surface area contributed by atoms with Crippen LogP contribution in [0.4, 0.5) is 105 Å². The van der Waals surface area contributed by atoms with Crippen molar-refractivity contribution < 1.29 is 120 Å². The highest BCUT2D eigenvalue weighted by Crippen LogP contribution is 2.67. The first kappa shape index (κ1) is 45.5. The molecule has 0 rings (SSSR count). The van der Waals surface area contributed by atoms with Crippen molar-refractivity contribution >= 4 is 5.97 Å². The van der Waals surface area contributed by atoms with Crippen LogP contribution in [0.3, 0.4) is 0 Å². The highest BCUT2D eigenvalue weighted by atomic mass is 19.4. The van der Waals surface area contributed by atoms with Crippen LogP contribution >= 0.6 is 0 Å². The molecule has 3 nitrogen and oxygen atoms in total. The number of hydrogen-bond acceptors (Lipinski definition) is 3. The summed E-state index contributed by atoms with van der Waals surface area (Å²) in [6.45, 7) is 2.57. The number of ether oxygens (including phenoxy) is 1. The largest absolute Gasteiger partial charge is 0.457 e. The summed E-state index contributed by atoms with van der Waals surface area (Å²) < 4.78 is 329. The maximum Gasteiger partial charge on any atom is 0.385 e. The Morgan fingerprint density at radius 2 is 0.875 bits per heavy atom. The molecule has 0 aromatic carbocycles. The average Bonchev–Trinajstić information content (AvgIpc) is 2.90. The van der Waals surface area contributed by atoms with Gasteiger partial charge in [-0.15, -0.1) is 0 Å². The minimum absolute atomic E-state index is 0.461. The van der Waals surface area contributed by atoms with Gasteiger partial charge in [0.2, 0.25) is 0 Å². The molecule has 0 spiro atoms. The van der Waals surface area contributed by atoms with Crippen molar-refractivity contribution in [2.24, 2.45) is 0 Å². The Morgan fingerprint density at radius 1 is 0.583 bits per heavy atom. The number of halogens is 24. The molecular weight excluding hydrogens is 756 g/mol. The summed E-state index contributed by atoms with van der Waals surface area (Å²) in [7, 11) is 0. The molecule has 0 heterocycles. The first-order valence-electron chi connectivity index (χ1n) is 11.6. The normalized spacial score (nSPS) is 16.3. The second-order valence-electron chi connectivity index (χ2n) is 9.68. The fourth-order valence-corrected chi connectivity index (χ4v) is 3.10. The molecule has 0 amide bonds. The molecule has 0 aliphatic rings. The smallest absolute Gasteiger partial charge is 0.385 e. The monoisotopic (exact) mass is 772 g/mol. The second-order valence-corrected chi connectivity index (χ2v) is 9.68. The quantitative estimate of drug-likeness (QED) is 0.0861. The summed E-state index contributed by atoms with van der Waals surface area (Å²) in [5, 5.41) is 8.94. The van der Waals surface area contributed by atoms with Crippen molar-refractivity contribution in [2.75, 3.05) is 6.61 Å². The maximum atomic E-state index is 14.0. The maximum absolute atomic E-state index is 14.0. The molecule has 0 aromatic rings. The highest BCUT2D eigenvalue weighted by Gasteiger charge is 2.98. The van der Waals surface area contributed by atoms with Crippen molar-refractivity contribution in [3.05, 3.63) is 12.2 Å². The lowest BCUT2D eigenvalue weighted by atomic mass is 9.84. The number of carbonyl (C=O) groups is 1. The molecule has 0 saturated carbocycles. The van der Waals surface area contributed by atoms with E-state index < -0.39 is 115 Å². The van der Waals surface area contributed by atoms with Gasteiger partial charge >= 0.3 is 77.5 Å². The zero-order valence-electron chi connectivity index (χ0n) is 22.5. The van der Waals surface area contributed by atoms with E-state index in [0.717, 1.165) is 6.92 Å². The van der Waals surface area contributed by atoms with Gasteiger partial charge in [-0.25, -0.2) is 13.6 Å². The number of rotatable bonds is 18. The lowest BCUT2D eigenvalue weighted by molar-refractivity contribution is -0.476. The average molecular weight is 772 g/mol. The minimum Gasteiger partial charge on any atom is -0.457 e. The molecule has 1 unspecified atom stereocenters. The van der Waals surface area contributed by atoms with E-state index in [1.165, 1.54) is 0 Å². The summed E-state index contributed by atoms with van der Waals surface area (Å²) >= 11 is 0. The van der Waals surface area contributed by atoms with E-state index in [0.29, 0.717) is 0 Å². The minimum atomic E-state index is -9.52. The highest BCUT2D eigenvalue weighted by molar-refractivity contribution is 5.87. The van der Waals surface area contributed by atoms with Gasteiger partial charge in [0, 0.05) is 12.0 Å². The Balaban J connectivity index is 6.86. The number of alkyl halides is 24. The van der Waals surface area contributed by atoms with Gasteiger partial charge in [0.1, 0.15) is 6.10 Å². The van der Waals surface area contributed by atoms with Crippen molar-refractivity contribution in [3.63, 3.8) is 0 Å². The molecule has 0 bridgehead atoms. The third-order valence-corrected chi connectivity index (χ3v) is 6.15. The van der Waals surface area contributed by atoms with Crippen LogP contribution in [0.5, 0.6) is 0 Å². The van der Waals surface area contributed by atoms with Gasteiger partial charge in [0.15, 0.2) is 0 Å². The van der Waals surface area contributed by atoms with Crippen LogP contribution in [0, 0.1) is 0 Å². The van der Waals surface area contributed by atoms with E-state index in [4.69, 9.17) is 5.11 Å². The van der Waals surface area contributed by atoms with Crippen LogP contribution in [0.15, 0.2) is 12.2 Å². The van der Waals surface area contributed by atoms with Crippen LogP contribution in [0.1, 0.15) is 26.2 Å². The summed E-state index contributed by atoms with van der Waals surface area (Å²) in [5.74, 6) is -98.2. The van der Waals surface area contributed by atoms with Crippen LogP contribution in [-0.4, -0.2) is 95.4 Å². The molecule has 0 aliphatic heterocycles. The first-order chi connectivity index (χ1) is 20.7. The van der Waals surface area contributed by atoms with E-state index in [9.17, 15) is 110 Å². The second kappa shape index (κ2) is 13.0. The van der Waals surface area contributed by atoms with Gasteiger partial charge in [-0.05, 0) is 19.8 Å². The molecular formula is C21H16F24O3. The van der Waals surface area contributed by atoms with Crippen molar-refractivity contribution in [3.8, 4) is 0 Å². The third kappa shape index (κ3) is 6.43. The van der Waals surface area contributed by atoms with E-state index in [-0.39, 0.29) is 0 Å². The Hall–Kier alpha value is -2.51. The molecule has 0 saturated heterocycles. The van der Waals surface area contributed by atoms with Crippen LogP contribution in [-0.2, 0) is 9.53 Å². The molecule has 1 atom stereocenters. The molecule has 286 valence electrons. The zero-order chi connectivity index (χ0) is 39.3. The predicted molar refractivity (Wildman–Crippen MR) is 106 cm³/mol. The van der Waals surface area contributed by atoms with Crippen LogP contribution in [0.2, 0.25) is 0 Å². The van der Waals surface area contributed by atoms with E-state index in [1.807, 2.05) is 0 Å². The third-order valence-electron chi connectivity index (χ3n) is 6.15. The van der Waals surface area contributed by atoms with E-state index >= 15 is 0 Å². The SMILES string of the molecule is C=C(C)C(=O)OC(CO)CCCC(F)(F)C(F)(F)C(F)(F)C(F)(F)C(F)(F)C(F)(F)C(F)(F)C(F)(F)C(F)(F)C(F)(F)C(F)(F)C(F)F. The Kier molecular flexibility index (Phi) is 12.3. The summed E-state index contributed by atoms with van der Waals surface area (Å²) in [5.41, 5.74) is -0.461. The number of esters is 1. The summed E-state index contributed by atoms with van der Waals surface area (Å²) in [6.07, 6.45) is -14.3. The van der Waals surface area contributed by atoms with Gasteiger partial charge in [-0.1, -0.05) is 6.58 Å². The van der Waals surface area contributed by atoms with Crippen LogP contribution < -0.4 is 0 Å². The van der Waals surface area contributed by atoms with Gasteiger partial charge < -0.3 is 9.84 Å². The number of carbonyl (C=O) groups excluding carboxylic acids is 1. The van der Waals surface area contributed by atoms with E-state index in [1.54, 1.807) is 0 Å². The number of aliphatic hydroxyl groups is 1. The first-order valence-corrected chi connectivity index (χ1v) is 11.6. The Labute approximate surface area is 249 Å². The van der Waals surface area contributed by atoms with Crippen molar-refractivity contribution in [1.82, 2.24) is 0 Å². The molecule has 0 fully saturated rings. The molecule has 0 aliphatic carbocycles. The molecule has 0 radical (unpaired) electrons. The lowest BCUT2D eigenvalue weighted by Crippen LogP contribution is -2.78. The molecule has 1 N–H and O–H groups in total. The van der Waals surface area contributed by atoms with Crippen LogP contribution in [0.25, 0.3) is 0 Å². The molecule has 48 heavy (non-hydrogen) atoms. The van der Waals surface area contributed by atoms with Gasteiger partial charge in [0.25, 0.3) is 0 Å². The number of hydrogen-bond donors (Lipinski definition) is 1. The van der Waals surface area contributed by atoms with Gasteiger partial charge in [0.05, 0.1) is 6.61 Å². The van der Waals surface area contributed by atoms with Gasteiger partial charge in [-0.2, -0.15) is 96.6 Å².